The fraction of sp³-hybridized carbons (Fsp3) is 0.846. The van der Waals surface area contributed by atoms with Gasteiger partial charge in [0.15, 0.2) is 0 Å². The van der Waals surface area contributed by atoms with E-state index in [0.29, 0.717) is 25.3 Å². The first-order chi connectivity index (χ1) is 8.58. The molecule has 0 aromatic heterocycles. The first-order valence-electron chi connectivity index (χ1n) is 6.76. The average Bonchev–Trinajstić information content (AvgIpc) is 3.05. The molecular weight excluding hydrogens is 232 g/mol. The minimum Gasteiger partial charge on any atom is -0.396 e. The van der Waals surface area contributed by atoms with Crippen molar-refractivity contribution in [1.29, 1.82) is 0 Å². The third-order valence-corrected chi connectivity index (χ3v) is 3.43. The van der Waals surface area contributed by atoms with Crippen LogP contribution in [0.5, 0.6) is 0 Å². The predicted octanol–water partition coefficient (Wildman–Crippen LogP) is 0.426. The van der Waals surface area contributed by atoms with E-state index in [1.807, 2.05) is 6.92 Å². The minimum absolute atomic E-state index is 0.0293. The first kappa shape index (κ1) is 15.0. The largest absolute Gasteiger partial charge is 0.396 e. The Morgan fingerprint density at radius 1 is 1.44 bits per heavy atom. The maximum Gasteiger partial charge on any atom is 0.223 e. The van der Waals surface area contributed by atoms with Crippen LogP contribution in [0.4, 0.5) is 0 Å². The van der Waals surface area contributed by atoms with Crippen molar-refractivity contribution in [2.75, 3.05) is 13.2 Å². The summed E-state index contributed by atoms with van der Waals surface area (Å²) in [5.41, 5.74) is 0. The maximum absolute atomic E-state index is 11.6. The average molecular weight is 256 g/mol. The zero-order chi connectivity index (χ0) is 13.5. The Labute approximate surface area is 108 Å². The molecule has 0 radical (unpaired) electrons. The number of aliphatic hydroxyl groups excluding tert-OH is 1. The summed E-state index contributed by atoms with van der Waals surface area (Å²) in [6.45, 7) is 4.49. The van der Waals surface area contributed by atoms with Gasteiger partial charge in [0, 0.05) is 31.5 Å². The van der Waals surface area contributed by atoms with Crippen LogP contribution in [-0.4, -0.2) is 36.1 Å². The number of hydrogen-bond donors (Lipinski definition) is 3. The minimum atomic E-state index is -0.0700. The van der Waals surface area contributed by atoms with Gasteiger partial charge in [-0.3, -0.25) is 9.59 Å². The summed E-state index contributed by atoms with van der Waals surface area (Å²) in [7, 11) is 0. The summed E-state index contributed by atoms with van der Waals surface area (Å²) in [5.74, 6) is 0.649. The summed E-state index contributed by atoms with van der Waals surface area (Å²) < 4.78 is 0. The highest BCUT2D eigenvalue weighted by molar-refractivity contribution is 5.82. The summed E-state index contributed by atoms with van der Waals surface area (Å²) in [6, 6.07) is 0.0293. The van der Waals surface area contributed by atoms with E-state index in [0.717, 1.165) is 12.8 Å². The number of hydrogen-bond acceptors (Lipinski definition) is 3. The molecule has 1 rings (SSSR count). The number of carbonyl (C=O) groups excluding carboxylic acids is 2. The van der Waals surface area contributed by atoms with Crippen LogP contribution < -0.4 is 10.6 Å². The SMILES string of the molecule is CCC(CCO)NC(=O)CCNC(=O)C1CC1C. The third-order valence-electron chi connectivity index (χ3n) is 3.43. The van der Waals surface area contributed by atoms with Crippen molar-refractivity contribution in [1.82, 2.24) is 10.6 Å². The Bertz CT molecular complexity index is 294. The van der Waals surface area contributed by atoms with E-state index in [1.54, 1.807) is 0 Å². The van der Waals surface area contributed by atoms with Crippen LogP contribution in [0.3, 0.4) is 0 Å². The van der Waals surface area contributed by atoms with Gasteiger partial charge < -0.3 is 15.7 Å². The maximum atomic E-state index is 11.6. The topological polar surface area (TPSA) is 78.4 Å². The van der Waals surface area contributed by atoms with E-state index < -0.39 is 0 Å². The van der Waals surface area contributed by atoms with Crippen LogP contribution in [0.15, 0.2) is 0 Å². The molecule has 5 heteroatoms. The monoisotopic (exact) mass is 256 g/mol. The lowest BCUT2D eigenvalue weighted by atomic mass is 10.1. The van der Waals surface area contributed by atoms with Crippen LogP contribution in [0.2, 0.25) is 0 Å². The molecule has 0 aromatic carbocycles. The predicted molar refractivity (Wildman–Crippen MR) is 68.8 cm³/mol. The fourth-order valence-corrected chi connectivity index (χ4v) is 1.95. The quantitative estimate of drug-likeness (QED) is 0.589. The van der Waals surface area contributed by atoms with Gasteiger partial charge in [0.1, 0.15) is 0 Å². The van der Waals surface area contributed by atoms with Crippen molar-refractivity contribution in [3.63, 3.8) is 0 Å². The molecule has 18 heavy (non-hydrogen) atoms. The van der Waals surface area contributed by atoms with E-state index in [-0.39, 0.29) is 30.4 Å². The number of rotatable bonds is 8. The van der Waals surface area contributed by atoms with Gasteiger partial charge in [0.2, 0.25) is 11.8 Å². The van der Waals surface area contributed by atoms with Crippen molar-refractivity contribution in [3.05, 3.63) is 0 Å². The van der Waals surface area contributed by atoms with Crippen LogP contribution >= 0.6 is 0 Å². The number of carbonyl (C=O) groups is 2. The van der Waals surface area contributed by atoms with Crippen LogP contribution in [-0.2, 0) is 9.59 Å². The van der Waals surface area contributed by atoms with Crippen LogP contribution in [0.1, 0.15) is 39.5 Å². The normalized spacial score (nSPS) is 23.3. The second-order valence-corrected chi connectivity index (χ2v) is 5.05. The summed E-state index contributed by atoms with van der Waals surface area (Å²) in [6.07, 6.45) is 2.65. The molecule has 0 aliphatic heterocycles. The summed E-state index contributed by atoms with van der Waals surface area (Å²) in [4.78, 5) is 23.1. The Morgan fingerprint density at radius 2 is 2.11 bits per heavy atom. The van der Waals surface area contributed by atoms with Gasteiger partial charge in [-0.05, 0) is 25.2 Å². The number of amides is 2. The Balaban J connectivity index is 2.10. The molecule has 0 heterocycles. The molecule has 1 fully saturated rings. The van der Waals surface area contributed by atoms with E-state index in [1.165, 1.54) is 0 Å². The first-order valence-corrected chi connectivity index (χ1v) is 6.76. The van der Waals surface area contributed by atoms with Gasteiger partial charge in [0.05, 0.1) is 0 Å². The number of nitrogens with one attached hydrogen (secondary N) is 2. The van der Waals surface area contributed by atoms with E-state index >= 15 is 0 Å². The summed E-state index contributed by atoms with van der Waals surface area (Å²) >= 11 is 0. The van der Waals surface area contributed by atoms with Gasteiger partial charge in [-0.25, -0.2) is 0 Å². The lowest BCUT2D eigenvalue weighted by Crippen LogP contribution is -2.37. The highest BCUT2D eigenvalue weighted by Gasteiger charge is 2.38. The van der Waals surface area contributed by atoms with Crippen LogP contribution in [0.25, 0.3) is 0 Å². The fourth-order valence-electron chi connectivity index (χ4n) is 1.95. The van der Waals surface area contributed by atoms with Crippen molar-refractivity contribution >= 4 is 11.8 Å². The lowest BCUT2D eigenvalue weighted by Gasteiger charge is -2.15. The molecule has 2 amide bonds. The van der Waals surface area contributed by atoms with Gasteiger partial charge in [-0.15, -0.1) is 0 Å². The second-order valence-electron chi connectivity index (χ2n) is 5.05. The highest BCUT2D eigenvalue weighted by atomic mass is 16.3. The van der Waals surface area contributed by atoms with Crippen molar-refractivity contribution in [2.24, 2.45) is 11.8 Å². The highest BCUT2D eigenvalue weighted by Crippen LogP contribution is 2.37. The molecule has 0 spiro atoms. The van der Waals surface area contributed by atoms with E-state index in [2.05, 4.69) is 17.6 Å². The Hall–Kier alpha value is -1.10. The molecule has 1 aliphatic rings. The van der Waals surface area contributed by atoms with Gasteiger partial charge in [-0.2, -0.15) is 0 Å². The summed E-state index contributed by atoms with van der Waals surface area (Å²) in [5, 5.41) is 14.4. The molecule has 3 unspecified atom stereocenters. The molecule has 3 N–H and O–H groups in total. The smallest absolute Gasteiger partial charge is 0.223 e. The number of aliphatic hydroxyl groups is 1. The standard InChI is InChI=1S/C13H24N2O3/c1-3-10(5-7-16)15-12(17)4-6-14-13(18)11-8-9(11)2/h9-11,16H,3-8H2,1-2H3,(H,14,18)(H,15,17). The zero-order valence-electron chi connectivity index (χ0n) is 11.2. The Morgan fingerprint density at radius 3 is 2.61 bits per heavy atom. The van der Waals surface area contributed by atoms with Gasteiger partial charge in [0.25, 0.3) is 0 Å². The van der Waals surface area contributed by atoms with Crippen molar-refractivity contribution < 1.29 is 14.7 Å². The molecular formula is C13H24N2O3. The van der Waals surface area contributed by atoms with Gasteiger partial charge >= 0.3 is 0 Å². The third kappa shape index (κ3) is 5.04. The van der Waals surface area contributed by atoms with Crippen molar-refractivity contribution in [2.45, 2.75) is 45.6 Å². The van der Waals surface area contributed by atoms with Crippen molar-refractivity contribution in [3.8, 4) is 0 Å². The molecule has 0 bridgehead atoms. The molecule has 0 aromatic rings. The van der Waals surface area contributed by atoms with Crippen LogP contribution in [0, 0.1) is 11.8 Å². The van der Waals surface area contributed by atoms with Gasteiger partial charge in [-0.1, -0.05) is 13.8 Å². The molecule has 1 aliphatic carbocycles. The Kier molecular flexibility index (Phi) is 6.12. The van der Waals surface area contributed by atoms with E-state index in [9.17, 15) is 9.59 Å². The molecule has 0 saturated heterocycles. The zero-order valence-corrected chi connectivity index (χ0v) is 11.2. The molecule has 5 nitrogen and oxygen atoms in total. The lowest BCUT2D eigenvalue weighted by molar-refractivity contribution is -0.123. The second kappa shape index (κ2) is 7.36. The van der Waals surface area contributed by atoms with E-state index in [4.69, 9.17) is 5.11 Å². The molecule has 104 valence electrons. The molecule has 1 saturated carbocycles. The molecule has 3 atom stereocenters.